The standard InChI is InChI=1S/C6H12ClN.C2H4O2/c1-8-6-4-2-3-5(6)7;1-2(3)4/h5-6,8H,2-4H2,1H3;1H3,(H,3,4)/t5-,6-;/m1./s1. The van der Waals surface area contributed by atoms with E-state index in [4.69, 9.17) is 21.5 Å². The first-order valence-electron chi connectivity index (χ1n) is 4.08. The Morgan fingerprint density at radius 1 is 1.58 bits per heavy atom. The zero-order valence-electron chi connectivity index (χ0n) is 7.51. The van der Waals surface area contributed by atoms with Gasteiger partial charge in [0, 0.05) is 18.3 Å². The van der Waals surface area contributed by atoms with E-state index in [2.05, 4.69) is 5.32 Å². The molecule has 1 aliphatic rings. The molecule has 0 unspecified atom stereocenters. The van der Waals surface area contributed by atoms with E-state index in [1.54, 1.807) is 0 Å². The monoisotopic (exact) mass is 193 g/mol. The van der Waals surface area contributed by atoms with E-state index in [0.29, 0.717) is 11.4 Å². The third kappa shape index (κ3) is 5.38. The van der Waals surface area contributed by atoms with Crippen LogP contribution in [0.1, 0.15) is 26.2 Å². The minimum absolute atomic E-state index is 0.389. The first-order chi connectivity index (χ1) is 5.57. The van der Waals surface area contributed by atoms with Crippen LogP contribution in [-0.2, 0) is 4.79 Å². The number of aliphatic carboxylic acids is 1. The Labute approximate surface area is 78.1 Å². The topological polar surface area (TPSA) is 49.3 Å². The van der Waals surface area contributed by atoms with Gasteiger partial charge in [0.05, 0.1) is 0 Å². The van der Waals surface area contributed by atoms with Gasteiger partial charge in [-0.25, -0.2) is 0 Å². The highest BCUT2D eigenvalue weighted by Gasteiger charge is 2.22. The fraction of sp³-hybridized carbons (Fsp3) is 0.875. The van der Waals surface area contributed by atoms with Crippen LogP contribution in [-0.4, -0.2) is 29.5 Å². The second kappa shape index (κ2) is 6.26. The molecule has 0 amide bonds. The molecule has 72 valence electrons. The van der Waals surface area contributed by atoms with Gasteiger partial charge in [-0.3, -0.25) is 4.79 Å². The average Bonchev–Trinajstić information content (AvgIpc) is 2.33. The maximum Gasteiger partial charge on any atom is 0.300 e. The summed E-state index contributed by atoms with van der Waals surface area (Å²) in [5.41, 5.74) is 0. The highest BCUT2D eigenvalue weighted by Crippen LogP contribution is 2.23. The lowest BCUT2D eigenvalue weighted by molar-refractivity contribution is -0.134. The van der Waals surface area contributed by atoms with Crippen molar-refractivity contribution in [2.24, 2.45) is 0 Å². The Morgan fingerprint density at radius 2 is 2.08 bits per heavy atom. The Hall–Kier alpha value is -0.280. The molecular formula is C8H16ClNO2. The van der Waals surface area contributed by atoms with Gasteiger partial charge in [0.2, 0.25) is 0 Å². The molecule has 3 nitrogen and oxygen atoms in total. The van der Waals surface area contributed by atoms with Crippen LogP contribution < -0.4 is 5.32 Å². The van der Waals surface area contributed by atoms with Crippen molar-refractivity contribution >= 4 is 17.6 Å². The molecule has 0 aromatic heterocycles. The number of alkyl halides is 1. The van der Waals surface area contributed by atoms with Crippen molar-refractivity contribution in [2.45, 2.75) is 37.6 Å². The highest BCUT2D eigenvalue weighted by atomic mass is 35.5. The van der Waals surface area contributed by atoms with Crippen LogP contribution in [0.2, 0.25) is 0 Å². The Kier molecular flexibility index (Phi) is 6.11. The van der Waals surface area contributed by atoms with Crippen molar-refractivity contribution < 1.29 is 9.90 Å². The van der Waals surface area contributed by atoms with E-state index in [0.717, 1.165) is 6.92 Å². The van der Waals surface area contributed by atoms with Crippen LogP contribution in [0.25, 0.3) is 0 Å². The molecule has 12 heavy (non-hydrogen) atoms. The third-order valence-corrected chi connectivity index (χ3v) is 2.32. The molecule has 0 bridgehead atoms. The smallest absolute Gasteiger partial charge is 0.300 e. The quantitative estimate of drug-likeness (QED) is 0.620. The third-order valence-electron chi connectivity index (χ3n) is 1.80. The molecular weight excluding hydrogens is 178 g/mol. The Balaban J connectivity index is 0.000000261. The molecule has 2 atom stereocenters. The molecule has 1 fully saturated rings. The maximum absolute atomic E-state index is 9.00. The highest BCUT2D eigenvalue weighted by molar-refractivity contribution is 6.21. The van der Waals surface area contributed by atoms with Crippen molar-refractivity contribution in [2.75, 3.05) is 7.05 Å². The predicted molar refractivity (Wildman–Crippen MR) is 49.6 cm³/mol. The second-order valence-corrected chi connectivity index (χ2v) is 3.42. The molecule has 0 aromatic rings. The molecule has 0 aromatic carbocycles. The van der Waals surface area contributed by atoms with E-state index in [9.17, 15) is 0 Å². The summed E-state index contributed by atoms with van der Waals surface area (Å²) in [7, 11) is 1.98. The average molecular weight is 194 g/mol. The number of carboxylic acids is 1. The van der Waals surface area contributed by atoms with E-state index in [1.165, 1.54) is 19.3 Å². The van der Waals surface area contributed by atoms with Crippen LogP contribution in [0.15, 0.2) is 0 Å². The van der Waals surface area contributed by atoms with E-state index in [1.807, 2.05) is 7.05 Å². The summed E-state index contributed by atoms with van der Waals surface area (Å²) in [5, 5.41) is 11.0. The zero-order valence-corrected chi connectivity index (χ0v) is 8.27. The van der Waals surface area contributed by atoms with Gasteiger partial charge in [-0.05, 0) is 19.9 Å². The number of carbonyl (C=O) groups is 1. The van der Waals surface area contributed by atoms with Crippen molar-refractivity contribution in [3.63, 3.8) is 0 Å². The SMILES string of the molecule is CC(=O)O.CN[C@@H]1CCC[C@H]1Cl. The number of hydrogen-bond acceptors (Lipinski definition) is 2. The molecule has 4 heteroatoms. The summed E-state index contributed by atoms with van der Waals surface area (Å²) in [6, 6.07) is 0.580. The van der Waals surface area contributed by atoms with Crippen LogP contribution in [0.4, 0.5) is 0 Å². The zero-order chi connectivity index (χ0) is 9.56. The number of nitrogens with one attached hydrogen (secondary N) is 1. The summed E-state index contributed by atoms with van der Waals surface area (Å²) >= 11 is 5.92. The fourth-order valence-corrected chi connectivity index (χ4v) is 1.65. The molecule has 0 radical (unpaired) electrons. The molecule has 0 saturated heterocycles. The van der Waals surface area contributed by atoms with Crippen LogP contribution in [0, 0.1) is 0 Å². The van der Waals surface area contributed by atoms with Gasteiger partial charge >= 0.3 is 0 Å². The summed E-state index contributed by atoms with van der Waals surface area (Å²) in [4.78, 5) is 9.00. The van der Waals surface area contributed by atoms with Crippen LogP contribution in [0.3, 0.4) is 0 Å². The second-order valence-electron chi connectivity index (χ2n) is 2.86. The van der Waals surface area contributed by atoms with Crippen LogP contribution in [0.5, 0.6) is 0 Å². The van der Waals surface area contributed by atoms with Gasteiger partial charge in [-0.1, -0.05) is 6.42 Å². The summed E-state index contributed by atoms with van der Waals surface area (Å²) in [6.07, 6.45) is 3.73. The lowest BCUT2D eigenvalue weighted by Crippen LogP contribution is -2.29. The van der Waals surface area contributed by atoms with Gasteiger partial charge < -0.3 is 10.4 Å². The van der Waals surface area contributed by atoms with Gasteiger partial charge in [-0.2, -0.15) is 0 Å². The first-order valence-corrected chi connectivity index (χ1v) is 4.52. The molecule has 2 N–H and O–H groups in total. The fourth-order valence-electron chi connectivity index (χ4n) is 1.24. The summed E-state index contributed by atoms with van der Waals surface area (Å²) in [5.74, 6) is -0.833. The van der Waals surface area contributed by atoms with E-state index in [-0.39, 0.29) is 0 Å². The van der Waals surface area contributed by atoms with Gasteiger partial charge in [0.25, 0.3) is 5.97 Å². The number of halogens is 1. The molecule has 0 heterocycles. The minimum atomic E-state index is -0.833. The van der Waals surface area contributed by atoms with Gasteiger partial charge in [0.1, 0.15) is 0 Å². The Morgan fingerprint density at radius 3 is 2.25 bits per heavy atom. The van der Waals surface area contributed by atoms with E-state index < -0.39 is 5.97 Å². The molecule has 0 aliphatic heterocycles. The molecule has 0 spiro atoms. The normalized spacial score (nSPS) is 27.6. The Bertz CT molecular complexity index is 137. The lowest BCUT2D eigenvalue weighted by atomic mass is 10.2. The van der Waals surface area contributed by atoms with E-state index >= 15 is 0 Å². The molecule has 1 rings (SSSR count). The number of hydrogen-bond donors (Lipinski definition) is 2. The number of rotatable bonds is 1. The molecule has 1 saturated carbocycles. The largest absolute Gasteiger partial charge is 0.481 e. The number of carboxylic acid groups (broad SMARTS) is 1. The summed E-state index contributed by atoms with van der Waals surface area (Å²) in [6.45, 7) is 1.08. The predicted octanol–water partition coefficient (Wildman–Crippen LogP) is 1.46. The van der Waals surface area contributed by atoms with Crippen molar-refractivity contribution in [1.29, 1.82) is 0 Å². The van der Waals surface area contributed by atoms with Crippen molar-refractivity contribution in [1.82, 2.24) is 5.32 Å². The van der Waals surface area contributed by atoms with Crippen molar-refractivity contribution in [3.8, 4) is 0 Å². The molecule has 1 aliphatic carbocycles. The van der Waals surface area contributed by atoms with Gasteiger partial charge in [0.15, 0.2) is 0 Å². The van der Waals surface area contributed by atoms with Crippen LogP contribution >= 0.6 is 11.6 Å². The lowest BCUT2D eigenvalue weighted by Gasteiger charge is -2.10. The minimum Gasteiger partial charge on any atom is -0.481 e. The first kappa shape index (κ1) is 11.7. The van der Waals surface area contributed by atoms with Gasteiger partial charge in [-0.15, -0.1) is 11.6 Å². The summed E-state index contributed by atoms with van der Waals surface area (Å²) < 4.78 is 0. The van der Waals surface area contributed by atoms with Crippen molar-refractivity contribution in [3.05, 3.63) is 0 Å². The maximum atomic E-state index is 9.00.